The minimum Gasteiger partial charge on any atom is -0.496 e. The fraction of sp³-hybridized carbons (Fsp3) is 0.625. The van der Waals surface area contributed by atoms with Crippen molar-refractivity contribution >= 4 is 0 Å². The topological polar surface area (TPSA) is 21.3 Å². The Kier molecular flexibility index (Phi) is 3.96. The highest BCUT2D eigenvalue weighted by molar-refractivity contribution is 5.45. The third-order valence-electron chi connectivity index (χ3n) is 4.29. The quantitative estimate of drug-likeness (QED) is 0.860. The van der Waals surface area contributed by atoms with Crippen LogP contribution in [-0.4, -0.2) is 20.7 Å². The van der Waals surface area contributed by atoms with Crippen molar-refractivity contribution in [1.82, 2.24) is 5.32 Å². The first kappa shape index (κ1) is 13.4. The second-order valence-electron chi connectivity index (χ2n) is 5.78. The van der Waals surface area contributed by atoms with Gasteiger partial charge in [0.25, 0.3) is 0 Å². The van der Waals surface area contributed by atoms with Crippen molar-refractivity contribution in [3.05, 3.63) is 29.3 Å². The predicted molar refractivity (Wildman–Crippen MR) is 76.5 cm³/mol. The van der Waals surface area contributed by atoms with Crippen LogP contribution in [0.5, 0.6) is 5.75 Å². The van der Waals surface area contributed by atoms with Crippen LogP contribution in [0.25, 0.3) is 0 Å². The summed E-state index contributed by atoms with van der Waals surface area (Å²) in [6.45, 7) is 5.54. The summed E-state index contributed by atoms with van der Waals surface area (Å²) in [5, 5.41) is 3.35. The number of hydrogen-bond donors (Lipinski definition) is 1. The summed E-state index contributed by atoms with van der Waals surface area (Å²) in [5.74, 6) is 1.62. The number of ether oxygens (including phenoxy) is 1. The standard InChI is InChI=1S/C16H25NO/c1-12(2)13-6-7-15(18-4)14(10-13)16(11-17-3)8-5-9-16/h6-7,10,12,17H,5,8-9,11H2,1-4H3. The Bertz CT molecular complexity index is 408. The number of nitrogens with one attached hydrogen (secondary N) is 1. The van der Waals surface area contributed by atoms with Gasteiger partial charge in [-0.1, -0.05) is 32.4 Å². The number of rotatable bonds is 5. The monoisotopic (exact) mass is 247 g/mol. The molecule has 2 rings (SSSR count). The van der Waals surface area contributed by atoms with Crippen molar-refractivity contribution in [3.8, 4) is 5.75 Å². The van der Waals surface area contributed by atoms with Gasteiger partial charge in [0.1, 0.15) is 5.75 Å². The van der Waals surface area contributed by atoms with Crippen molar-refractivity contribution in [2.75, 3.05) is 20.7 Å². The third kappa shape index (κ3) is 2.26. The highest BCUT2D eigenvalue weighted by Gasteiger charge is 2.40. The normalized spacial score (nSPS) is 17.6. The van der Waals surface area contributed by atoms with Crippen molar-refractivity contribution in [3.63, 3.8) is 0 Å². The molecular formula is C16H25NO. The maximum Gasteiger partial charge on any atom is 0.122 e. The van der Waals surface area contributed by atoms with Crippen LogP contribution in [0.15, 0.2) is 18.2 Å². The van der Waals surface area contributed by atoms with E-state index in [4.69, 9.17) is 4.74 Å². The SMILES string of the molecule is CNCC1(c2cc(C(C)C)ccc2OC)CCC1. The summed E-state index contributed by atoms with van der Waals surface area (Å²) in [5.41, 5.74) is 3.11. The number of benzene rings is 1. The summed E-state index contributed by atoms with van der Waals surface area (Å²) >= 11 is 0. The molecule has 100 valence electrons. The molecule has 0 heterocycles. The Morgan fingerprint density at radius 3 is 2.50 bits per heavy atom. The van der Waals surface area contributed by atoms with Crippen LogP contribution in [0, 0.1) is 0 Å². The lowest BCUT2D eigenvalue weighted by atomic mass is 9.63. The zero-order valence-electron chi connectivity index (χ0n) is 12.0. The molecule has 0 spiro atoms. The molecule has 1 aromatic carbocycles. The largest absolute Gasteiger partial charge is 0.496 e. The molecule has 0 amide bonds. The van der Waals surface area contributed by atoms with Crippen LogP contribution in [0.3, 0.4) is 0 Å². The minimum atomic E-state index is 0.297. The molecule has 0 unspecified atom stereocenters. The van der Waals surface area contributed by atoms with Gasteiger partial charge < -0.3 is 10.1 Å². The first-order valence-electron chi connectivity index (χ1n) is 6.96. The van der Waals surface area contributed by atoms with E-state index in [2.05, 4.69) is 37.4 Å². The molecule has 0 aliphatic heterocycles. The number of methoxy groups -OCH3 is 1. The molecule has 0 radical (unpaired) electrons. The summed E-state index contributed by atoms with van der Waals surface area (Å²) < 4.78 is 5.58. The van der Waals surface area contributed by atoms with E-state index in [-0.39, 0.29) is 0 Å². The zero-order valence-corrected chi connectivity index (χ0v) is 12.0. The molecule has 18 heavy (non-hydrogen) atoms. The Balaban J connectivity index is 2.42. The van der Waals surface area contributed by atoms with E-state index in [1.54, 1.807) is 7.11 Å². The number of likely N-dealkylation sites (N-methyl/N-ethyl adjacent to an activating group) is 1. The van der Waals surface area contributed by atoms with E-state index in [9.17, 15) is 0 Å². The highest BCUT2D eigenvalue weighted by Crippen LogP contribution is 2.47. The van der Waals surface area contributed by atoms with Crippen molar-refractivity contribution in [1.29, 1.82) is 0 Å². The predicted octanol–water partition coefficient (Wildman–Crippen LogP) is 3.46. The molecule has 1 aliphatic carbocycles. The lowest BCUT2D eigenvalue weighted by Gasteiger charge is -2.43. The Morgan fingerprint density at radius 1 is 1.33 bits per heavy atom. The van der Waals surface area contributed by atoms with E-state index in [0.717, 1.165) is 12.3 Å². The average Bonchev–Trinajstić information content (AvgIpc) is 2.33. The summed E-state index contributed by atoms with van der Waals surface area (Å²) in [7, 11) is 3.82. The molecule has 1 aromatic rings. The molecule has 0 bridgehead atoms. The summed E-state index contributed by atoms with van der Waals surface area (Å²) in [6, 6.07) is 6.69. The summed E-state index contributed by atoms with van der Waals surface area (Å²) in [6.07, 6.45) is 3.87. The number of hydrogen-bond acceptors (Lipinski definition) is 2. The molecule has 0 aromatic heterocycles. The van der Waals surface area contributed by atoms with Gasteiger partial charge in [-0.2, -0.15) is 0 Å². The maximum absolute atomic E-state index is 5.58. The fourth-order valence-electron chi connectivity index (χ4n) is 2.98. The van der Waals surface area contributed by atoms with Crippen LogP contribution in [-0.2, 0) is 5.41 Å². The van der Waals surface area contributed by atoms with E-state index < -0.39 is 0 Å². The maximum atomic E-state index is 5.58. The van der Waals surface area contributed by atoms with Crippen LogP contribution >= 0.6 is 0 Å². The van der Waals surface area contributed by atoms with Crippen molar-refractivity contribution < 1.29 is 4.74 Å². The molecule has 0 atom stereocenters. The van der Waals surface area contributed by atoms with Crippen molar-refractivity contribution in [2.45, 2.75) is 44.4 Å². The van der Waals surface area contributed by atoms with Crippen molar-refractivity contribution in [2.24, 2.45) is 0 Å². The van der Waals surface area contributed by atoms with Gasteiger partial charge in [-0.25, -0.2) is 0 Å². The van der Waals surface area contributed by atoms with E-state index >= 15 is 0 Å². The Hall–Kier alpha value is -1.02. The van der Waals surface area contributed by atoms with E-state index in [1.807, 2.05) is 7.05 Å². The van der Waals surface area contributed by atoms with Gasteiger partial charge in [-0.15, -0.1) is 0 Å². The van der Waals surface area contributed by atoms with Gasteiger partial charge in [0.2, 0.25) is 0 Å². The van der Waals surface area contributed by atoms with Crippen LogP contribution in [0.4, 0.5) is 0 Å². The molecule has 0 saturated heterocycles. The van der Waals surface area contributed by atoms with Gasteiger partial charge in [0, 0.05) is 17.5 Å². The van der Waals surface area contributed by atoms with E-state index in [0.29, 0.717) is 11.3 Å². The average molecular weight is 247 g/mol. The highest BCUT2D eigenvalue weighted by atomic mass is 16.5. The second-order valence-corrected chi connectivity index (χ2v) is 5.78. The van der Waals surface area contributed by atoms with Gasteiger partial charge >= 0.3 is 0 Å². The van der Waals surface area contributed by atoms with Gasteiger partial charge in [0.05, 0.1) is 7.11 Å². The second kappa shape index (κ2) is 5.31. The van der Waals surface area contributed by atoms with E-state index in [1.165, 1.54) is 30.4 Å². The van der Waals surface area contributed by atoms with Crippen LogP contribution < -0.4 is 10.1 Å². The smallest absolute Gasteiger partial charge is 0.122 e. The Morgan fingerprint density at radius 2 is 2.06 bits per heavy atom. The molecule has 1 aliphatic rings. The molecule has 1 N–H and O–H groups in total. The lowest BCUT2D eigenvalue weighted by Crippen LogP contribution is -2.43. The molecule has 1 fully saturated rings. The molecule has 2 heteroatoms. The van der Waals surface area contributed by atoms with Gasteiger partial charge in [-0.3, -0.25) is 0 Å². The molecule has 2 nitrogen and oxygen atoms in total. The zero-order chi connectivity index (χ0) is 13.2. The van der Waals surface area contributed by atoms with Gasteiger partial charge in [-0.05, 0) is 37.4 Å². The molecule has 1 saturated carbocycles. The molecular weight excluding hydrogens is 222 g/mol. The Labute approximate surface area is 111 Å². The summed E-state index contributed by atoms with van der Waals surface area (Å²) in [4.78, 5) is 0. The first-order valence-corrected chi connectivity index (χ1v) is 6.96. The third-order valence-corrected chi connectivity index (χ3v) is 4.29. The first-order chi connectivity index (χ1) is 8.63. The van der Waals surface area contributed by atoms with Crippen LogP contribution in [0.1, 0.15) is 50.2 Å². The van der Waals surface area contributed by atoms with Crippen LogP contribution in [0.2, 0.25) is 0 Å². The minimum absolute atomic E-state index is 0.297. The fourth-order valence-corrected chi connectivity index (χ4v) is 2.98. The lowest BCUT2D eigenvalue weighted by molar-refractivity contribution is 0.230. The van der Waals surface area contributed by atoms with Gasteiger partial charge in [0.15, 0.2) is 0 Å².